The second-order valence-corrected chi connectivity index (χ2v) is 8.39. The Morgan fingerprint density at radius 1 is 1.12 bits per heavy atom. The summed E-state index contributed by atoms with van der Waals surface area (Å²) in [7, 11) is 0. The zero-order valence-corrected chi connectivity index (χ0v) is 16.9. The van der Waals surface area contributed by atoms with Crippen molar-refractivity contribution in [1.82, 2.24) is 0 Å². The molecule has 0 bridgehead atoms. The second kappa shape index (κ2) is 7.33. The lowest BCUT2D eigenvalue weighted by Crippen LogP contribution is -2.18. The molecule has 2 nitrogen and oxygen atoms in total. The molecule has 1 aliphatic carbocycles. The number of esters is 1. The maximum atomic E-state index is 12.5. The molecule has 2 aromatic rings. The van der Waals surface area contributed by atoms with Gasteiger partial charge in [0, 0.05) is 4.47 Å². The summed E-state index contributed by atoms with van der Waals surface area (Å²) < 4.78 is 6.67. The molecular weight excluding hydrogens is 376 g/mol. The van der Waals surface area contributed by atoms with Gasteiger partial charge in [-0.25, -0.2) is 4.79 Å². The van der Waals surface area contributed by atoms with Crippen LogP contribution in [-0.2, 0) is 0 Å². The molecule has 132 valence electrons. The van der Waals surface area contributed by atoms with Gasteiger partial charge >= 0.3 is 5.97 Å². The van der Waals surface area contributed by atoms with Crippen LogP contribution < -0.4 is 4.74 Å². The van der Waals surface area contributed by atoms with Crippen molar-refractivity contribution in [3.63, 3.8) is 0 Å². The number of aryl methyl sites for hydroxylation is 1. The second-order valence-electron chi connectivity index (χ2n) is 7.47. The molecule has 0 spiro atoms. The summed E-state index contributed by atoms with van der Waals surface area (Å²) in [4.78, 5) is 12.5. The van der Waals surface area contributed by atoms with Gasteiger partial charge in [-0.3, -0.25) is 0 Å². The molecule has 0 fully saturated rings. The zero-order chi connectivity index (χ0) is 18.1. The highest BCUT2D eigenvalue weighted by molar-refractivity contribution is 9.10. The molecule has 2 atom stereocenters. The lowest BCUT2D eigenvalue weighted by atomic mass is 9.72. The number of carbonyl (C=O) groups is 1. The number of ether oxygens (including phenoxy) is 1. The SMILES string of the molecule is Cc1cc2c(cc1OC(=O)c1ccc(Br)cc1)C(C)CCC2C(C)C. The molecule has 3 heteroatoms. The summed E-state index contributed by atoms with van der Waals surface area (Å²) in [5, 5.41) is 0. The van der Waals surface area contributed by atoms with E-state index < -0.39 is 0 Å². The summed E-state index contributed by atoms with van der Waals surface area (Å²) in [6, 6.07) is 11.6. The Hall–Kier alpha value is -1.61. The van der Waals surface area contributed by atoms with Crippen molar-refractivity contribution in [1.29, 1.82) is 0 Å². The van der Waals surface area contributed by atoms with Gasteiger partial charge in [0.15, 0.2) is 0 Å². The van der Waals surface area contributed by atoms with E-state index in [4.69, 9.17) is 4.74 Å². The van der Waals surface area contributed by atoms with Crippen molar-refractivity contribution in [2.24, 2.45) is 5.92 Å². The summed E-state index contributed by atoms with van der Waals surface area (Å²) >= 11 is 3.39. The third kappa shape index (κ3) is 3.82. The van der Waals surface area contributed by atoms with E-state index in [0.29, 0.717) is 29.1 Å². The number of hydrogen-bond donors (Lipinski definition) is 0. The molecule has 3 rings (SSSR count). The van der Waals surface area contributed by atoms with Gasteiger partial charge in [-0.05, 0) is 84.5 Å². The van der Waals surface area contributed by atoms with E-state index >= 15 is 0 Å². The highest BCUT2D eigenvalue weighted by Crippen LogP contribution is 2.44. The Morgan fingerprint density at radius 2 is 1.80 bits per heavy atom. The predicted molar refractivity (Wildman–Crippen MR) is 106 cm³/mol. The first-order valence-electron chi connectivity index (χ1n) is 8.99. The van der Waals surface area contributed by atoms with E-state index in [1.165, 1.54) is 24.0 Å². The van der Waals surface area contributed by atoms with Crippen LogP contribution in [0.1, 0.15) is 72.5 Å². The average molecular weight is 401 g/mol. The molecule has 0 saturated heterocycles. The first-order valence-corrected chi connectivity index (χ1v) is 9.78. The highest BCUT2D eigenvalue weighted by Gasteiger charge is 2.28. The number of fused-ring (bicyclic) bond motifs is 1. The fraction of sp³-hybridized carbons (Fsp3) is 0.409. The Labute approximate surface area is 158 Å². The molecule has 0 heterocycles. The van der Waals surface area contributed by atoms with Crippen LogP contribution in [0.25, 0.3) is 0 Å². The number of hydrogen-bond acceptors (Lipinski definition) is 2. The molecular formula is C22H25BrO2. The standard InChI is InChI=1S/C22H25BrO2/c1-13(2)18-10-5-14(3)19-12-21(15(4)11-20(18)19)25-22(24)16-6-8-17(23)9-7-16/h6-9,11-14,18H,5,10H2,1-4H3. The number of carbonyl (C=O) groups excluding carboxylic acids is 1. The van der Waals surface area contributed by atoms with E-state index in [1.807, 2.05) is 19.1 Å². The minimum absolute atomic E-state index is 0.306. The minimum atomic E-state index is -0.306. The van der Waals surface area contributed by atoms with Crippen molar-refractivity contribution in [2.45, 2.75) is 52.4 Å². The van der Waals surface area contributed by atoms with Crippen LogP contribution in [0, 0.1) is 12.8 Å². The molecule has 0 aromatic heterocycles. The molecule has 0 aliphatic heterocycles. The lowest BCUT2D eigenvalue weighted by molar-refractivity contribution is 0.0733. The topological polar surface area (TPSA) is 26.3 Å². The zero-order valence-electron chi connectivity index (χ0n) is 15.3. The van der Waals surface area contributed by atoms with Crippen LogP contribution >= 0.6 is 15.9 Å². The lowest BCUT2D eigenvalue weighted by Gasteiger charge is -2.33. The van der Waals surface area contributed by atoms with Crippen molar-refractivity contribution in [3.05, 3.63) is 63.1 Å². The van der Waals surface area contributed by atoms with E-state index in [9.17, 15) is 4.79 Å². The normalized spacial score (nSPS) is 19.6. The van der Waals surface area contributed by atoms with Gasteiger partial charge in [0.2, 0.25) is 0 Å². The molecule has 2 aromatic carbocycles. The minimum Gasteiger partial charge on any atom is -0.423 e. The molecule has 0 N–H and O–H groups in total. The van der Waals surface area contributed by atoms with Crippen molar-refractivity contribution < 1.29 is 9.53 Å². The van der Waals surface area contributed by atoms with E-state index in [1.54, 1.807) is 12.1 Å². The third-order valence-corrected chi connectivity index (χ3v) is 5.84. The summed E-state index contributed by atoms with van der Waals surface area (Å²) in [6.45, 7) is 8.88. The molecule has 0 radical (unpaired) electrons. The van der Waals surface area contributed by atoms with Crippen molar-refractivity contribution in [2.75, 3.05) is 0 Å². The predicted octanol–water partition coefficient (Wildman–Crippen LogP) is 6.61. The Bertz CT molecular complexity index is 777. The highest BCUT2D eigenvalue weighted by atomic mass is 79.9. The molecule has 2 unspecified atom stereocenters. The third-order valence-electron chi connectivity index (χ3n) is 5.31. The van der Waals surface area contributed by atoms with Gasteiger partial charge in [-0.1, -0.05) is 42.8 Å². The van der Waals surface area contributed by atoms with E-state index in [2.05, 4.69) is 48.8 Å². The van der Waals surface area contributed by atoms with Crippen LogP contribution in [0.4, 0.5) is 0 Å². The quantitative estimate of drug-likeness (QED) is 0.427. The maximum absolute atomic E-state index is 12.5. The fourth-order valence-electron chi connectivity index (χ4n) is 3.76. The first-order chi connectivity index (χ1) is 11.9. The summed E-state index contributed by atoms with van der Waals surface area (Å²) in [5.41, 5.74) is 4.38. The summed E-state index contributed by atoms with van der Waals surface area (Å²) in [6.07, 6.45) is 2.43. The van der Waals surface area contributed by atoms with Gasteiger partial charge in [-0.2, -0.15) is 0 Å². The van der Waals surface area contributed by atoms with Gasteiger partial charge in [0.25, 0.3) is 0 Å². The van der Waals surface area contributed by atoms with Gasteiger partial charge < -0.3 is 4.74 Å². The van der Waals surface area contributed by atoms with E-state index in [0.717, 1.165) is 10.0 Å². The molecule has 1 aliphatic rings. The van der Waals surface area contributed by atoms with Gasteiger partial charge in [0.05, 0.1) is 5.56 Å². The van der Waals surface area contributed by atoms with Crippen LogP contribution in [0.15, 0.2) is 40.9 Å². The van der Waals surface area contributed by atoms with Gasteiger partial charge in [0.1, 0.15) is 5.75 Å². The first kappa shape index (κ1) is 18.2. The number of rotatable bonds is 3. The van der Waals surface area contributed by atoms with E-state index in [-0.39, 0.29) is 5.97 Å². The Kier molecular flexibility index (Phi) is 5.33. The number of benzene rings is 2. The smallest absolute Gasteiger partial charge is 0.343 e. The van der Waals surface area contributed by atoms with Crippen LogP contribution in [0.3, 0.4) is 0 Å². The van der Waals surface area contributed by atoms with Crippen LogP contribution in [0.5, 0.6) is 5.75 Å². The van der Waals surface area contributed by atoms with Gasteiger partial charge in [-0.15, -0.1) is 0 Å². The fourth-order valence-corrected chi connectivity index (χ4v) is 4.03. The summed E-state index contributed by atoms with van der Waals surface area (Å²) in [5.74, 6) is 2.11. The monoisotopic (exact) mass is 400 g/mol. The maximum Gasteiger partial charge on any atom is 0.343 e. The van der Waals surface area contributed by atoms with Crippen molar-refractivity contribution >= 4 is 21.9 Å². The van der Waals surface area contributed by atoms with Crippen molar-refractivity contribution in [3.8, 4) is 5.75 Å². The molecule has 25 heavy (non-hydrogen) atoms. The molecule has 0 amide bonds. The number of halogens is 1. The Balaban J connectivity index is 1.91. The largest absolute Gasteiger partial charge is 0.423 e. The average Bonchev–Trinajstić information content (AvgIpc) is 2.56. The molecule has 0 saturated carbocycles. The van der Waals surface area contributed by atoms with Crippen LogP contribution in [0.2, 0.25) is 0 Å². The van der Waals surface area contributed by atoms with Crippen LogP contribution in [-0.4, -0.2) is 5.97 Å². The Morgan fingerprint density at radius 3 is 2.44 bits per heavy atom.